The van der Waals surface area contributed by atoms with Gasteiger partial charge >= 0.3 is 8.25 Å². The van der Waals surface area contributed by atoms with E-state index < -0.39 is 8.25 Å². The molecule has 0 amide bonds. The predicted octanol–water partition coefficient (Wildman–Crippen LogP) is 0.335. The van der Waals surface area contributed by atoms with E-state index in [1.54, 1.807) is 5.94 Å². The summed E-state index contributed by atoms with van der Waals surface area (Å²) >= 11 is 0. The summed E-state index contributed by atoms with van der Waals surface area (Å²) in [6.07, 6.45) is 1.40. The highest BCUT2D eigenvalue weighted by Crippen LogP contribution is 1.98. The monoisotopic (exact) mass is 217 g/mol. The zero-order valence-electron chi connectivity index (χ0n) is 7.12. The Kier molecular flexibility index (Phi) is 10.5. The van der Waals surface area contributed by atoms with Gasteiger partial charge in [0.05, 0.1) is 0 Å². The van der Waals surface area contributed by atoms with E-state index in [1.165, 1.54) is 6.08 Å². The second kappa shape index (κ2) is 9.74. The van der Waals surface area contributed by atoms with Crippen LogP contribution in [0.15, 0.2) is 30.3 Å². The van der Waals surface area contributed by atoms with Crippen LogP contribution in [0.5, 0.6) is 0 Å². The van der Waals surface area contributed by atoms with Gasteiger partial charge in [-0.05, 0) is 5.56 Å². The van der Waals surface area contributed by atoms with Crippen LogP contribution in [0.25, 0.3) is 6.08 Å². The molecule has 0 aliphatic heterocycles. The fourth-order valence-electron chi connectivity index (χ4n) is 0.617. The Labute approximate surface area is 81.6 Å². The Morgan fingerprint density at radius 3 is 2.00 bits per heavy atom. The minimum Gasteiger partial charge on any atom is -0.412 e. The summed E-state index contributed by atoms with van der Waals surface area (Å²) < 4.78 is 8.70. The fraction of sp³-hybridized carbons (Fsp3) is 0. The number of hydrogen-bond donors (Lipinski definition) is 2. The molecule has 6 heteroatoms. The van der Waals surface area contributed by atoms with Crippen molar-refractivity contribution in [1.82, 2.24) is 0 Å². The van der Waals surface area contributed by atoms with Gasteiger partial charge in [-0.2, -0.15) is 0 Å². The molecule has 0 saturated carbocycles. The molecule has 0 aliphatic rings. The van der Waals surface area contributed by atoms with Crippen molar-refractivity contribution in [2.75, 3.05) is 0 Å². The second-order valence-electron chi connectivity index (χ2n) is 1.93. The minimum absolute atomic E-state index is 0. The highest BCUT2D eigenvalue weighted by Gasteiger charge is 1.93. The van der Waals surface area contributed by atoms with Gasteiger partial charge in [0.1, 0.15) is 5.94 Å². The van der Waals surface area contributed by atoms with Gasteiger partial charge < -0.3 is 5.48 Å². The molecule has 1 aromatic rings. The average Bonchev–Trinajstić information content (AvgIpc) is 2.06. The Hall–Kier alpha value is -1.35. The largest absolute Gasteiger partial charge is 0.692 e. The molecule has 0 bridgehead atoms. The van der Waals surface area contributed by atoms with Gasteiger partial charge in [-0.15, -0.1) is 9.79 Å². The smallest absolute Gasteiger partial charge is 0.412 e. The molecule has 0 fully saturated rings. The van der Waals surface area contributed by atoms with Crippen LogP contribution in [-0.4, -0.2) is 21.2 Å². The summed E-state index contributed by atoms with van der Waals surface area (Å²) in [5.74, 6) is 1.71. The van der Waals surface area contributed by atoms with Crippen LogP contribution in [-0.2, 0) is 9.36 Å². The third-order valence-corrected chi connectivity index (χ3v) is 1.03. The van der Waals surface area contributed by atoms with Crippen molar-refractivity contribution < 1.29 is 24.6 Å². The van der Waals surface area contributed by atoms with Gasteiger partial charge in [0.25, 0.3) is 0 Å². The van der Waals surface area contributed by atoms with Crippen LogP contribution in [0.3, 0.4) is 0 Å². The average molecular weight is 217 g/mol. The first kappa shape index (κ1) is 15.1. The summed E-state index contributed by atoms with van der Waals surface area (Å²) in [5.41, 5.74) is 0.896. The van der Waals surface area contributed by atoms with E-state index in [4.69, 9.17) is 14.4 Å². The van der Waals surface area contributed by atoms with Crippen molar-refractivity contribution in [2.45, 2.75) is 0 Å². The molecule has 0 heterocycles. The number of rotatable bonds is 1. The maximum absolute atomic E-state index is 9.79. The molecule has 0 atom stereocenters. The van der Waals surface area contributed by atoms with Crippen molar-refractivity contribution in [2.24, 2.45) is 0 Å². The minimum atomic E-state index is -2.87. The van der Waals surface area contributed by atoms with Crippen molar-refractivity contribution >= 4 is 20.3 Å². The van der Waals surface area contributed by atoms with Crippen LogP contribution in [0, 0.1) is 0 Å². The number of benzene rings is 1. The van der Waals surface area contributed by atoms with E-state index in [9.17, 15) is 4.79 Å². The third kappa shape index (κ3) is 10.7. The molecular formula is C8H10O5P+. The van der Waals surface area contributed by atoms with Crippen molar-refractivity contribution in [1.29, 1.82) is 0 Å². The quantitative estimate of drug-likeness (QED) is 0.522. The molecule has 0 aliphatic carbocycles. The second-order valence-corrected chi connectivity index (χ2v) is 2.43. The van der Waals surface area contributed by atoms with Gasteiger partial charge in [-0.3, -0.25) is 0 Å². The van der Waals surface area contributed by atoms with Gasteiger partial charge in [-0.25, -0.2) is 4.79 Å². The van der Waals surface area contributed by atoms with Crippen molar-refractivity contribution in [3.63, 3.8) is 0 Å². The van der Waals surface area contributed by atoms with Crippen LogP contribution < -0.4 is 0 Å². The lowest BCUT2D eigenvalue weighted by molar-refractivity contribution is 0.405. The summed E-state index contributed by atoms with van der Waals surface area (Å²) in [4.78, 5) is 24.0. The van der Waals surface area contributed by atoms with Crippen LogP contribution >= 0.6 is 8.25 Å². The Morgan fingerprint density at radius 2 is 1.64 bits per heavy atom. The first-order valence-corrected chi connectivity index (χ1v) is 4.44. The van der Waals surface area contributed by atoms with Gasteiger partial charge in [-0.1, -0.05) is 30.3 Å². The highest BCUT2D eigenvalue weighted by molar-refractivity contribution is 7.30. The molecule has 0 spiro atoms. The number of carbonyl (C=O) groups excluding carboxylic acids is 1. The first-order valence-electron chi connectivity index (χ1n) is 3.27. The summed E-state index contributed by atoms with van der Waals surface area (Å²) in [6, 6.07) is 9.37. The van der Waals surface area contributed by atoms with Crippen molar-refractivity contribution in [3.05, 3.63) is 35.9 Å². The molecule has 4 N–H and O–H groups in total. The predicted molar refractivity (Wildman–Crippen MR) is 52.3 cm³/mol. The van der Waals surface area contributed by atoms with Gasteiger partial charge in [0, 0.05) is 10.6 Å². The number of hydrogen-bond acceptors (Lipinski definition) is 2. The standard InChI is InChI=1S/C8H6O.HO3P.H2O/c9-7-6-8-4-2-1-3-5-8;1-4(2)3;/h1-6H;(H-,1,2,3);1H2/p+1. The topological polar surface area (TPSA) is 106 Å². The normalized spacial score (nSPS) is 7.00. The highest BCUT2D eigenvalue weighted by atomic mass is 31.1. The molecule has 14 heavy (non-hydrogen) atoms. The van der Waals surface area contributed by atoms with E-state index in [2.05, 4.69) is 0 Å². The maximum Gasteiger partial charge on any atom is 0.692 e. The van der Waals surface area contributed by atoms with Crippen LogP contribution in [0.1, 0.15) is 5.56 Å². The van der Waals surface area contributed by atoms with Crippen LogP contribution in [0.2, 0.25) is 0 Å². The van der Waals surface area contributed by atoms with E-state index in [1.807, 2.05) is 30.3 Å². The summed E-state index contributed by atoms with van der Waals surface area (Å²) in [7, 11) is -2.87. The summed E-state index contributed by atoms with van der Waals surface area (Å²) in [5, 5.41) is 0. The zero-order chi connectivity index (χ0) is 10.1. The molecule has 76 valence electrons. The molecular weight excluding hydrogens is 207 g/mol. The van der Waals surface area contributed by atoms with Gasteiger partial charge in [0.2, 0.25) is 0 Å². The third-order valence-electron chi connectivity index (χ3n) is 1.03. The Balaban J connectivity index is 0. The van der Waals surface area contributed by atoms with Gasteiger partial charge in [0.15, 0.2) is 0 Å². The molecule has 0 radical (unpaired) electrons. The lowest BCUT2D eigenvalue weighted by Crippen LogP contribution is -1.66. The van der Waals surface area contributed by atoms with E-state index in [0.717, 1.165) is 5.56 Å². The molecule has 1 rings (SSSR count). The van der Waals surface area contributed by atoms with E-state index >= 15 is 0 Å². The Bertz CT molecular complexity index is 301. The van der Waals surface area contributed by atoms with E-state index in [0.29, 0.717) is 0 Å². The molecule has 1 aromatic carbocycles. The lowest BCUT2D eigenvalue weighted by Gasteiger charge is -1.83. The molecule has 0 saturated heterocycles. The lowest BCUT2D eigenvalue weighted by atomic mass is 10.2. The molecule has 0 unspecified atom stereocenters. The molecule has 0 aromatic heterocycles. The Morgan fingerprint density at radius 1 is 1.21 bits per heavy atom. The zero-order valence-corrected chi connectivity index (χ0v) is 8.02. The summed E-state index contributed by atoms with van der Waals surface area (Å²) in [6.45, 7) is 0. The van der Waals surface area contributed by atoms with Crippen LogP contribution in [0.4, 0.5) is 0 Å². The molecule has 5 nitrogen and oxygen atoms in total. The van der Waals surface area contributed by atoms with Crippen molar-refractivity contribution in [3.8, 4) is 0 Å². The maximum atomic E-state index is 9.79. The fourth-order valence-corrected chi connectivity index (χ4v) is 0.617. The SMILES string of the molecule is O.O=C=Cc1ccccc1.O=[P+](O)O. The first-order chi connectivity index (χ1) is 6.16. The van der Waals surface area contributed by atoms with E-state index in [-0.39, 0.29) is 5.48 Å².